The van der Waals surface area contributed by atoms with Crippen LogP contribution in [0, 0.1) is 5.82 Å². The van der Waals surface area contributed by atoms with Crippen molar-refractivity contribution in [2.24, 2.45) is 0 Å². The maximum Gasteiger partial charge on any atom is 0.377 e. The van der Waals surface area contributed by atoms with E-state index in [0.717, 1.165) is 5.56 Å². The first-order valence-electron chi connectivity index (χ1n) is 10.7. The van der Waals surface area contributed by atoms with Crippen LogP contribution in [0.4, 0.5) is 4.39 Å². The summed E-state index contributed by atoms with van der Waals surface area (Å²) >= 11 is 0. The number of Topliss-reactive ketones (excluding diaryl/α,β-unsaturated/α-hetero) is 1. The number of allylic oxidation sites excluding steroid dienone is 1. The number of hydrogen-bond acceptors (Lipinski definition) is 4. The molecule has 174 valence electrons. The number of amides is 1. The van der Waals surface area contributed by atoms with Crippen LogP contribution in [0.5, 0.6) is 0 Å². The van der Waals surface area contributed by atoms with E-state index in [4.69, 9.17) is 5.11 Å². The summed E-state index contributed by atoms with van der Waals surface area (Å²) in [5.74, 6) is -2.93. The molecule has 2 aromatic rings. The number of hydrogen-bond donors (Lipinski definition) is 2. The largest absolute Gasteiger partial charge is 0.475 e. The molecule has 1 saturated heterocycles. The molecular weight excluding hydrogens is 425 g/mol. The van der Waals surface area contributed by atoms with Gasteiger partial charge in [-0.15, -0.1) is 0 Å². The molecule has 0 spiro atoms. The molecule has 0 saturated carbocycles. The number of H-pyrrole nitrogens is 1. The number of benzene rings is 1. The van der Waals surface area contributed by atoms with Gasteiger partial charge in [0.15, 0.2) is 0 Å². The van der Waals surface area contributed by atoms with E-state index in [1.54, 1.807) is 31.2 Å². The van der Waals surface area contributed by atoms with Crippen LogP contribution in [0.2, 0.25) is 0 Å². The van der Waals surface area contributed by atoms with E-state index in [0.29, 0.717) is 30.6 Å². The van der Waals surface area contributed by atoms with Gasteiger partial charge in [0.05, 0.1) is 5.56 Å². The summed E-state index contributed by atoms with van der Waals surface area (Å²) in [7, 11) is 0. The lowest BCUT2D eigenvalue weighted by atomic mass is 10.0. The number of carbonyl (C=O) groups excluding carboxylic acids is 2. The highest BCUT2D eigenvalue weighted by Crippen LogP contribution is 2.20. The predicted molar refractivity (Wildman–Crippen MR) is 123 cm³/mol. The number of rotatable bonds is 6. The molecule has 1 aliphatic rings. The van der Waals surface area contributed by atoms with Crippen molar-refractivity contribution in [2.45, 2.75) is 39.4 Å². The number of aromatic amines is 1. The van der Waals surface area contributed by atoms with Gasteiger partial charge in [-0.2, -0.15) is 0 Å². The molecule has 0 bridgehead atoms. The van der Waals surface area contributed by atoms with Crippen molar-refractivity contribution in [3.63, 3.8) is 0 Å². The van der Waals surface area contributed by atoms with Gasteiger partial charge in [0.25, 0.3) is 5.78 Å². The summed E-state index contributed by atoms with van der Waals surface area (Å²) in [4.78, 5) is 42.6. The first kappa shape index (κ1) is 24.1. The number of carboxylic acids is 1. The van der Waals surface area contributed by atoms with Gasteiger partial charge >= 0.3 is 5.97 Å². The minimum absolute atomic E-state index is 0.00817. The van der Waals surface area contributed by atoms with Crippen molar-refractivity contribution in [3.8, 4) is 0 Å². The Morgan fingerprint density at radius 3 is 2.48 bits per heavy atom. The van der Waals surface area contributed by atoms with Crippen LogP contribution < -0.4 is 10.6 Å². The van der Waals surface area contributed by atoms with Crippen LogP contribution in [0.1, 0.15) is 36.7 Å². The molecule has 1 fully saturated rings. The number of nitrogens with one attached hydrogen (secondary N) is 1. The third kappa shape index (κ3) is 5.46. The highest BCUT2D eigenvalue weighted by atomic mass is 19.1. The number of aromatic nitrogens is 1. The van der Waals surface area contributed by atoms with Gasteiger partial charge in [0.1, 0.15) is 5.82 Å². The third-order valence-electron chi connectivity index (χ3n) is 5.97. The average Bonchev–Trinajstić information content (AvgIpc) is 3.14. The van der Waals surface area contributed by atoms with E-state index in [2.05, 4.69) is 23.4 Å². The molecule has 0 radical (unpaired) electrons. The highest BCUT2D eigenvalue weighted by molar-refractivity contribution is 6.39. The number of aliphatic carboxylic acids is 1. The lowest BCUT2D eigenvalue weighted by molar-refractivity contribution is -0.133. The molecule has 1 amide bonds. The Labute approximate surface area is 191 Å². The van der Waals surface area contributed by atoms with Crippen LogP contribution in [0.15, 0.2) is 42.1 Å². The molecule has 8 heteroatoms. The van der Waals surface area contributed by atoms with Crippen LogP contribution in [-0.4, -0.2) is 62.7 Å². The second-order valence-corrected chi connectivity index (χ2v) is 8.46. The van der Waals surface area contributed by atoms with Gasteiger partial charge < -0.3 is 15.0 Å². The number of carboxylic acid groups (broad SMARTS) is 1. The van der Waals surface area contributed by atoms with E-state index < -0.39 is 11.8 Å². The van der Waals surface area contributed by atoms with E-state index in [1.807, 2.05) is 11.8 Å². The molecule has 0 aliphatic carbocycles. The summed E-state index contributed by atoms with van der Waals surface area (Å²) < 4.78 is 13.2. The molecular formula is C25H28FN3O4. The number of nitrogens with zero attached hydrogens (tertiary/aromatic N) is 2. The summed E-state index contributed by atoms with van der Waals surface area (Å²) in [5, 5.41) is 9.62. The van der Waals surface area contributed by atoms with Gasteiger partial charge in [-0.3, -0.25) is 14.5 Å². The average molecular weight is 454 g/mol. The second kappa shape index (κ2) is 9.95. The van der Waals surface area contributed by atoms with Gasteiger partial charge in [0.2, 0.25) is 5.91 Å². The van der Waals surface area contributed by atoms with Crippen molar-refractivity contribution in [3.05, 3.63) is 69.6 Å². The quantitative estimate of drug-likeness (QED) is 0.394. The maximum absolute atomic E-state index is 13.2. The van der Waals surface area contributed by atoms with Crippen LogP contribution in [-0.2, 0) is 16.1 Å². The molecule has 1 aromatic carbocycles. The standard InChI is InChI=1S/C25H28FN3O4/c1-15(5-10-22-18(4)21(11-27-22)23(30)25(32)33)24(31)29-13-16(2)28(12-17(29)3)14-19-6-8-20(26)9-7-19/h5-11,16-17,27H,4,12-14H2,1-3H3,(H,32,33)/b15-5+,22-10+/t16-,17?/m0/s1. The monoisotopic (exact) mass is 453 g/mol. The Kier molecular flexibility index (Phi) is 7.28. The first-order valence-corrected chi connectivity index (χ1v) is 10.7. The van der Waals surface area contributed by atoms with E-state index in [9.17, 15) is 18.8 Å². The molecule has 7 nitrogen and oxygen atoms in total. The normalized spacial score (nSPS) is 20.2. The minimum atomic E-state index is -1.55. The smallest absolute Gasteiger partial charge is 0.377 e. The Morgan fingerprint density at radius 1 is 1.18 bits per heavy atom. The molecule has 1 unspecified atom stereocenters. The number of halogens is 1. The molecule has 33 heavy (non-hydrogen) atoms. The Morgan fingerprint density at radius 2 is 1.85 bits per heavy atom. The van der Waals surface area contributed by atoms with Crippen molar-refractivity contribution in [1.82, 2.24) is 14.8 Å². The zero-order valence-corrected chi connectivity index (χ0v) is 19.0. The zero-order chi connectivity index (χ0) is 24.3. The van der Waals surface area contributed by atoms with Crippen molar-refractivity contribution in [1.29, 1.82) is 0 Å². The van der Waals surface area contributed by atoms with E-state index in [-0.39, 0.29) is 34.6 Å². The zero-order valence-electron chi connectivity index (χ0n) is 19.0. The van der Waals surface area contributed by atoms with Crippen molar-refractivity contribution >= 4 is 30.3 Å². The summed E-state index contributed by atoms with van der Waals surface area (Å²) in [5.41, 5.74) is 1.53. The number of carbonyl (C=O) groups is 3. The van der Waals surface area contributed by atoms with Crippen molar-refractivity contribution < 1.29 is 23.9 Å². The molecule has 2 N–H and O–H groups in total. The topological polar surface area (TPSA) is 93.7 Å². The Balaban J connectivity index is 1.71. The number of piperazine rings is 1. The highest BCUT2D eigenvalue weighted by Gasteiger charge is 2.32. The maximum atomic E-state index is 13.2. The molecule has 1 aromatic heterocycles. The third-order valence-corrected chi connectivity index (χ3v) is 5.97. The minimum Gasteiger partial charge on any atom is -0.475 e. The van der Waals surface area contributed by atoms with Gasteiger partial charge in [-0.25, -0.2) is 9.18 Å². The number of ketones is 1. The SMILES string of the molecule is C=c1c(C(=O)C(=O)O)c[nH]/c1=C/C=C(\C)C(=O)N1C[C@H](C)N(Cc2ccc(F)cc2)CC1C. The van der Waals surface area contributed by atoms with Gasteiger partial charge in [0, 0.05) is 54.1 Å². The van der Waals surface area contributed by atoms with Crippen LogP contribution in [0.25, 0.3) is 12.7 Å². The van der Waals surface area contributed by atoms with Crippen LogP contribution in [0.3, 0.4) is 0 Å². The Bertz CT molecular complexity index is 1200. The van der Waals surface area contributed by atoms with Gasteiger partial charge in [-0.05, 0) is 44.5 Å². The van der Waals surface area contributed by atoms with Gasteiger partial charge in [-0.1, -0.05) is 24.8 Å². The molecule has 3 rings (SSSR count). The summed E-state index contributed by atoms with van der Waals surface area (Å²) in [6, 6.07) is 6.59. The molecule has 2 heterocycles. The summed E-state index contributed by atoms with van der Waals surface area (Å²) in [6.07, 6.45) is 4.56. The molecule has 1 aliphatic heterocycles. The molecule has 2 atom stereocenters. The fraction of sp³-hybridized carbons (Fsp3) is 0.320. The van der Waals surface area contributed by atoms with E-state index in [1.165, 1.54) is 18.3 Å². The predicted octanol–water partition coefficient (Wildman–Crippen LogP) is 1.68. The fourth-order valence-electron chi connectivity index (χ4n) is 3.97. The fourth-order valence-corrected chi connectivity index (χ4v) is 3.97. The lowest BCUT2D eigenvalue weighted by Gasteiger charge is -2.44. The second-order valence-electron chi connectivity index (χ2n) is 8.46. The summed E-state index contributed by atoms with van der Waals surface area (Å²) in [6.45, 7) is 11.5. The van der Waals surface area contributed by atoms with Crippen LogP contribution >= 0.6 is 0 Å². The Hall–Kier alpha value is -3.52. The first-order chi connectivity index (χ1) is 15.6. The van der Waals surface area contributed by atoms with Crippen molar-refractivity contribution in [2.75, 3.05) is 13.1 Å². The lowest BCUT2D eigenvalue weighted by Crippen LogP contribution is -2.57. The van der Waals surface area contributed by atoms with E-state index >= 15 is 0 Å².